The zero-order valence-corrected chi connectivity index (χ0v) is 12.0. The number of nitrogens with two attached hydrogens (primary N) is 1. The number of rotatable bonds is 5. The van der Waals surface area contributed by atoms with Gasteiger partial charge in [0.05, 0.1) is 18.2 Å². The molecule has 0 spiro atoms. The van der Waals surface area contributed by atoms with Crippen molar-refractivity contribution >= 4 is 0 Å². The first-order chi connectivity index (χ1) is 9.65. The third-order valence-corrected chi connectivity index (χ3v) is 3.72. The Balaban J connectivity index is 1.76. The molecule has 1 aromatic carbocycles. The maximum absolute atomic E-state index is 6.02. The van der Waals surface area contributed by atoms with Gasteiger partial charge in [0.1, 0.15) is 12.4 Å². The lowest BCUT2D eigenvalue weighted by molar-refractivity contribution is 0.290. The van der Waals surface area contributed by atoms with E-state index in [9.17, 15) is 0 Å². The maximum atomic E-state index is 6.02. The minimum absolute atomic E-state index is 0.0294. The molecule has 1 aromatic heterocycles. The van der Waals surface area contributed by atoms with Crippen LogP contribution in [-0.2, 0) is 6.61 Å². The predicted molar refractivity (Wildman–Crippen MR) is 78.6 cm³/mol. The van der Waals surface area contributed by atoms with Crippen LogP contribution in [0.5, 0.6) is 5.75 Å². The summed E-state index contributed by atoms with van der Waals surface area (Å²) in [5.74, 6) is 0.870. The molecule has 1 atom stereocenters. The molecule has 106 valence electrons. The molecule has 1 saturated carbocycles. The van der Waals surface area contributed by atoms with Crippen molar-refractivity contribution in [1.29, 1.82) is 0 Å². The van der Waals surface area contributed by atoms with Crippen LogP contribution in [0.15, 0.2) is 30.7 Å². The largest absolute Gasteiger partial charge is 0.487 e. The lowest BCUT2D eigenvalue weighted by atomic mass is 10.1. The second-order valence-corrected chi connectivity index (χ2v) is 5.64. The average Bonchev–Trinajstić information content (AvgIpc) is 3.16. The maximum Gasteiger partial charge on any atom is 0.130 e. The van der Waals surface area contributed by atoms with Crippen LogP contribution in [0.4, 0.5) is 0 Å². The topological polar surface area (TPSA) is 53.1 Å². The first kappa shape index (κ1) is 13.2. The zero-order valence-electron chi connectivity index (χ0n) is 12.0. The Hall–Kier alpha value is -1.81. The van der Waals surface area contributed by atoms with Crippen molar-refractivity contribution in [2.75, 3.05) is 0 Å². The lowest BCUT2D eigenvalue weighted by Crippen LogP contribution is -2.09. The van der Waals surface area contributed by atoms with Gasteiger partial charge in [-0.1, -0.05) is 17.7 Å². The van der Waals surface area contributed by atoms with E-state index >= 15 is 0 Å². The number of ether oxygens (including phenoxy) is 1. The van der Waals surface area contributed by atoms with E-state index in [0.717, 1.165) is 17.0 Å². The van der Waals surface area contributed by atoms with Gasteiger partial charge in [0.25, 0.3) is 0 Å². The van der Waals surface area contributed by atoms with Gasteiger partial charge >= 0.3 is 0 Å². The van der Waals surface area contributed by atoms with Gasteiger partial charge in [0.2, 0.25) is 0 Å². The normalized spacial score (nSPS) is 16.1. The van der Waals surface area contributed by atoms with Crippen LogP contribution >= 0.6 is 0 Å². The van der Waals surface area contributed by atoms with Crippen LogP contribution in [0.25, 0.3) is 0 Å². The van der Waals surface area contributed by atoms with Crippen LogP contribution in [-0.4, -0.2) is 9.55 Å². The van der Waals surface area contributed by atoms with E-state index in [4.69, 9.17) is 10.5 Å². The second-order valence-electron chi connectivity index (χ2n) is 5.64. The molecule has 4 heteroatoms. The molecule has 2 N–H and O–H groups in total. The summed E-state index contributed by atoms with van der Waals surface area (Å²) in [6.07, 6.45) is 6.29. The fraction of sp³-hybridized carbons (Fsp3) is 0.438. The summed E-state index contributed by atoms with van der Waals surface area (Å²) in [4.78, 5) is 4.23. The molecule has 0 saturated heterocycles. The van der Waals surface area contributed by atoms with Crippen LogP contribution in [0.3, 0.4) is 0 Å². The molecule has 1 fully saturated rings. The van der Waals surface area contributed by atoms with E-state index in [1.807, 2.05) is 25.5 Å². The highest BCUT2D eigenvalue weighted by Crippen LogP contribution is 2.36. The van der Waals surface area contributed by atoms with E-state index in [-0.39, 0.29) is 6.04 Å². The number of hydrogen-bond acceptors (Lipinski definition) is 3. The highest BCUT2D eigenvalue weighted by Gasteiger charge is 2.25. The summed E-state index contributed by atoms with van der Waals surface area (Å²) in [5.41, 5.74) is 9.41. The lowest BCUT2D eigenvalue weighted by Gasteiger charge is -2.15. The fourth-order valence-electron chi connectivity index (χ4n) is 2.43. The first-order valence-corrected chi connectivity index (χ1v) is 7.15. The fourth-order valence-corrected chi connectivity index (χ4v) is 2.43. The zero-order chi connectivity index (χ0) is 14.1. The summed E-state index contributed by atoms with van der Waals surface area (Å²) in [5, 5.41) is 0. The minimum atomic E-state index is -0.0294. The smallest absolute Gasteiger partial charge is 0.130 e. The molecular formula is C16H21N3O. The molecule has 3 rings (SSSR count). The first-order valence-electron chi connectivity index (χ1n) is 7.15. The molecule has 4 nitrogen and oxygen atoms in total. The molecule has 1 heterocycles. The Morgan fingerprint density at radius 1 is 1.45 bits per heavy atom. The molecule has 0 unspecified atom stereocenters. The molecule has 0 amide bonds. The molecule has 0 radical (unpaired) electrons. The monoisotopic (exact) mass is 271 g/mol. The van der Waals surface area contributed by atoms with Gasteiger partial charge in [-0.3, -0.25) is 0 Å². The average molecular weight is 271 g/mol. The van der Waals surface area contributed by atoms with E-state index in [1.165, 1.54) is 18.4 Å². The Kier molecular flexibility index (Phi) is 3.49. The summed E-state index contributed by atoms with van der Waals surface area (Å²) in [7, 11) is 0. The van der Waals surface area contributed by atoms with Gasteiger partial charge in [0, 0.05) is 17.6 Å². The molecule has 0 aliphatic heterocycles. The van der Waals surface area contributed by atoms with Crippen LogP contribution in [0.1, 0.15) is 48.7 Å². The highest BCUT2D eigenvalue weighted by molar-refractivity contribution is 5.38. The third-order valence-electron chi connectivity index (χ3n) is 3.72. The second kappa shape index (κ2) is 5.29. The minimum Gasteiger partial charge on any atom is -0.487 e. The van der Waals surface area contributed by atoms with Crippen LogP contribution < -0.4 is 10.5 Å². The van der Waals surface area contributed by atoms with E-state index < -0.39 is 0 Å². The van der Waals surface area contributed by atoms with E-state index in [0.29, 0.717) is 12.6 Å². The summed E-state index contributed by atoms with van der Waals surface area (Å²) in [6, 6.07) is 6.75. The van der Waals surface area contributed by atoms with Gasteiger partial charge in [-0.25, -0.2) is 4.98 Å². The number of benzene rings is 1. The summed E-state index contributed by atoms with van der Waals surface area (Å²) in [6.45, 7) is 4.59. The van der Waals surface area contributed by atoms with Crippen molar-refractivity contribution < 1.29 is 4.74 Å². The highest BCUT2D eigenvalue weighted by atomic mass is 16.5. The number of aromatic nitrogens is 2. The van der Waals surface area contributed by atoms with Crippen molar-refractivity contribution in [3.8, 4) is 5.75 Å². The standard InChI is InChI=1S/C16H21N3O/c1-11-3-6-16(15(7-11)12(2)17)20-9-14-8-18-10-19(14)13-4-5-13/h3,6-8,10,12-13H,4-5,9,17H2,1-2H3/t12-/m1/s1. The Morgan fingerprint density at radius 3 is 2.95 bits per heavy atom. The van der Waals surface area contributed by atoms with Gasteiger partial charge in [-0.2, -0.15) is 0 Å². The third kappa shape index (κ3) is 2.70. The predicted octanol–water partition coefficient (Wildman–Crippen LogP) is 3.13. The molecule has 2 aromatic rings. The van der Waals surface area contributed by atoms with E-state index in [2.05, 4.69) is 28.6 Å². The van der Waals surface area contributed by atoms with Crippen molar-refractivity contribution in [2.45, 2.75) is 45.4 Å². The number of hydrogen-bond donors (Lipinski definition) is 1. The molecule has 1 aliphatic rings. The van der Waals surface area contributed by atoms with Crippen molar-refractivity contribution in [2.24, 2.45) is 5.73 Å². The SMILES string of the molecule is Cc1ccc(OCc2cncn2C2CC2)c([C@@H](C)N)c1. The van der Waals surface area contributed by atoms with Crippen LogP contribution in [0, 0.1) is 6.92 Å². The molecule has 0 bridgehead atoms. The molecule has 20 heavy (non-hydrogen) atoms. The quantitative estimate of drug-likeness (QED) is 0.909. The number of aryl methyl sites for hydroxylation is 1. The number of imidazole rings is 1. The summed E-state index contributed by atoms with van der Waals surface area (Å²) < 4.78 is 8.20. The van der Waals surface area contributed by atoms with Crippen molar-refractivity contribution in [1.82, 2.24) is 9.55 Å². The van der Waals surface area contributed by atoms with Gasteiger partial charge < -0.3 is 15.0 Å². The Bertz CT molecular complexity index is 600. The van der Waals surface area contributed by atoms with Gasteiger partial charge in [0.15, 0.2) is 0 Å². The summed E-state index contributed by atoms with van der Waals surface area (Å²) >= 11 is 0. The Morgan fingerprint density at radius 2 is 2.25 bits per heavy atom. The van der Waals surface area contributed by atoms with E-state index in [1.54, 1.807) is 0 Å². The Labute approximate surface area is 119 Å². The number of nitrogens with zero attached hydrogens (tertiary/aromatic N) is 2. The van der Waals surface area contributed by atoms with Crippen LogP contribution in [0.2, 0.25) is 0 Å². The molecule has 1 aliphatic carbocycles. The van der Waals surface area contributed by atoms with Gasteiger partial charge in [-0.05, 0) is 32.8 Å². The van der Waals surface area contributed by atoms with Crippen molar-refractivity contribution in [3.05, 3.63) is 47.5 Å². The molecular weight excluding hydrogens is 250 g/mol. The van der Waals surface area contributed by atoms with Crippen molar-refractivity contribution in [3.63, 3.8) is 0 Å². The van der Waals surface area contributed by atoms with Gasteiger partial charge in [-0.15, -0.1) is 0 Å².